The third-order valence-electron chi connectivity index (χ3n) is 4.12. The summed E-state index contributed by atoms with van der Waals surface area (Å²) in [5.74, 6) is 0.297. The lowest BCUT2D eigenvalue weighted by molar-refractivity contribution is 0.0698. The largest absolute Gasteiger partial charge is 0.478 e. The van der Waals surface area contributed by atoms with E-state index in [0.717, 1.165) is 32.4 Å². The van der Waals surface area contributed by atoms with E-state index in [1.54, 1.807) is 10.3 Å². The number of thiophene rings is 1. The van der Waals surface area contributed by atoms with Crippen LogP contribution in [0.2, 0.25) is 0 Å². The molecule has 21 heavy (non-hydrogen) atoms. The highest BCUT2D eigenvalue weighted by atomic mass is 32.1. The smallest absolute Gasteiger partial charge is 0.338 e. The van der Waals surface area contributed by atoms with E-state index >= 15 is 0 Å². The van der Waals surface area contributed by atoms with Crippen LogP contribution < -0.4 is 5.32 Å². The highest BCUT2D eigenvalue weighted by Gasteiger charge is 2.23. The number of aromatic carboxylic acids is 1. The molecule has 1 aromatic heterocycles. The lowest BCUT2D eigenvalue weighted by Gasteiger charge is -2.21. The topological polar surface area (TPSA) is 69.6 Å². The van der Waals surface area contributed by atoms with Gasteiger partial charge in [0.25, 0.3) is 0 Å². The second kappa shape index (κ2) is 6.93. The van der Waals surface area contributed by atoms with E-state index < -0.39 is 5.97 Å². The summed E-state index contributed by atoms with van der Waals surface area (Å²) < 4.78 is 0. The Kier molecular flexibility index (Phi) is 5.22. The van der Waals surface area contributed by atoms with Crippen LogP contribution in [0.4, 0.5) is 9.80 Å². The number of rotatable bonds is 3. The molecule has 5 nitrogen and oxygen atoms in total. The van der Waals surface area contributed by atoms with Gasteiger partial charge in [-0.15, -0.1) is 11.3 Å². The average Bonchev–Trinajstić information content (AvgIpc) is 2.73. The molecule has 2 heterocycles. The maximum absolute atomic E-state index is 12.3. The van der Waals surface area contributed by atoms with Crippen molar-refractivity contribution in [3.63, 3.8) is 0 Å². The standard InChI is InChI=1S/C15H22N2O3S/c1-10(2)11-4-3-7-17(8-5-11)15(20)16-13-12(14(18)19)6-9-21-13/h6,9-11H,3-5,7-8H2,1-2H3,(H,16,20)(H,18,19). The van der Waals surface area contributed by atoms with E-state index in [2.05, 4.69) is 19.2 Å². The van der Waals surface area contributed by atoms with Gasteiger partial charge in [-0.05, 0) is 42.5 Å². The monoisotopic (exact) mass is 310 g/mol. The maximum atomic E-state index is 12.3. The molecule has 0 radical (unpaired) electrons. The van der Waals surface area contributed by atoms with Crippen molar-refractivity contribution in [2.45, 2.75) is 33.1 Å². The van der Waals surface area contributed by atoms with Crippen LogP contribution >= 0.6 is 11.3 Å². The van der Waals surface area contributed by atoms with Gasteiger partial charge in [0.05, 0.1) is 5.56 Å². The number of hydrogen-bond donors (Lipinski definition) is 2. The summed E-state index contributed by atoms with van der Waals surface area (Å²) in [6.07, 6.45) is 3.18. The Labute approximate surface area is 129 Å². The van der Waals surface area contributed by atoms with Crippen LogP contribution in [0.25, 0.3) is 0 Å². The zero-order valence-electron chi connectivity index (χ0n) is 12.5. The molecular weight excluding hydrogens is 288 g/mol. The van der Waals surface area contributed by atoms with Gasteiger partial charge in [0, 0.05) is 13.1 Å². The Morgan fingerprint density at radius 3 is 2.81 bits per heavy atom. The number of carbonyl (C=O) groups is 2. The number of amides is 2. The molecule has 1 unspecified atom stereocenters. The number of carboxylic acids is 1. The van der Waals surface area contributed by atoms with E-state index in [1.165, 1.54) is 17.4 Å². The molecule has 1 aliphatic rings. The Bertz CT molecular complexity index is 513. The molecule has 2 N–H and O–H groups in total. The molecule has 1 aromatic rings. The normalized spacial score (nSPS) is 19.4. The minimum atomic E-state index is -1.01. The van der Waals surface area contributed by atoms with E-state index in [1.807, 2.05) is 0 Å². The predicted octanol–water partition coefficient (Wildman–Crippen LogP) is 3.74. The number of carboxylic acid groups (broad SMARTS) is 1. The zero-order chi connectivity index (χ0) is 15.4. The molecule has 116 valence electrons. The Balaban J connectivity index is 1.97. The lowest BCUT2D eigenvalue weighted by atomic mass is 9.89. The first-order valence-corrected chi connectivity index (χ1v) is 8.23. The predicted molar refractivity (Wildman–Crippen MR) is 84.0 cm³/mol. The molecular formula is C15H22N2O3S. The molecule has 6 heteroatoms. The fraction of sp³-hybridized carbons (Fsp3) is 0.600. The second-order valence-corrected chi connectivity index (χ2v) is 6.74. The van der Waals surface area contributed by atoms with Crippen molar-refractivity contribution < 1.29 is 14.7 Å². The van der Waals surface area contributed by atoms with E-state index in [-0.39, 0.29) is 11.6 Å². The molecule has 0 saturated carbocycles. The van der Waals surface area contributed by atoms with Crippen molar-refractivity contribution >= 4 is 28.3 Å². The van der Waals surface area contributed by atoms with Crippen molar-refractivity contribution in [3.05, 3.63) is 17.0 Å². The molecule has 0 aromatic carbocycles. The van der Waals surface area contributed by atoms with Crippen molar-refractivity contribution in [2.24, 2.45) is 11.8 Å². The van der Waals surface area contributed by atoms with Gasteiger partial charge < -0.3 is 10.0 Å². The Morgan fingerprint density at radius 2 is 2.14 bits per heavy atom. The molecule has 2 rings (SSSR count). The van der Waals surface area contributed by atoms with Crippen LogP contribution in [-0.2, 0) is 0 Å². The number of nitrogens with zero attached hydrogens (tertiary/aromatic N) is 1. The van der Waals surface area contributed by atoms with Gasteiger partial charge in [0.2, 0.25) is 0 Å². The van der Waals surface area contributed by atoms with Crippen LogP contribution in [0.15, 0.2) is 11.4 Å². The Morgan fingerprint density at radius 1 is 1.38 bits per heavy atom. The number of anilines is 1. The SMILES string of the molecule is CC(C)C1CCCN(C(=O)Nc2sccc2C(=O)O)CC1. The molecule has 1 fully saturated rings. The van der Waals surface area contributed by atoms with Crippen LogP contribution in [0.1, 0.15) is 43.5 Å². The number of nitrogens with one attached hydrogen (secondary N) is 1. The van der Waals surface area contributed by atoms with Gasteiger partial charge >= 0.3 is 12.0 Å². The minimum Gasteiger partial charge on any atom is -0.478 e. The minimum absolute atomic E-state index is 0.156. The summed E-state index contributed by atoms with van der Waals surface area (Å²) in [5, 5.41) is 13.9. The van der Waals surface area contributed by atoms with Gasteiger partial charge in [0.1, 0.15) is 5.00 Å². The molecule has 0 bridgehead atoms. The Hall–Kier alpha value is -1.56. The summed E-state index contributed by atoms with van der Waals surface area (Å²) in [6.45, 7) is 5.93. The number of carbonyl (C=O) groups excluding carboxylic acids is 1. The highest BCUT2D eigenvalue weighted by Crippen LogP contribution is 2.26. The van der Waals surface area contributed by atoms with Crippen LogP contribution in [-0.4, -0.2) is 35.1 Å². The lowest BCUT2D eigenvalue weighted by Crippen LogP contribution is -2.36. The fourth-order valence-electron chi connectivity index (χ4n) is 2.74. The molecule has 0 spiro atoms. The first kappa shape index (κ1) is 15.8. The summed E-state index contributed by atoms with van der Waals surface area (Å²) in [5.41, 5.74) is 0.156. The van der Waals surface area contributed by atoms with E-state index in [9.17, 15) is 9.59 Å². The van der Waals surface area contributed by atoms with Gasteiger partial charge in [-0.3, -0.25) is 5.32 Å². The number of hydrogen-bond acceptors (Lipinski definition) is 3. The molecule has 1 saturated heterocycles. The summed E-state index contributed by atoms with van der Waals surface area (Å²) in [4.78, 5) is 25.2. The van der Waals surface area contributed by atoms with Crippen LogP contribution in [0.3, 0.4) is 0 Å². The summed E-state index contributed by atoms with van der Waals surface area (Å²) >= 11 is 1.24. The van der Waals surface area contributed by atoms with Crippen LogP contribution in [0, 0.1) is 11.8 Å². The van der Waals surface area contributed by atoms with Crippen molar-refractivity contribution in [1.29, 1.82) is 0 Å². The van der Waals surface area contributed by atoms with Crippen molar-refractivity contribution in [1.82, 2.24) is 4.90 Å². The fourth-order valence-corrected chi connectivity index (χ4v) is 3.51. The molecule has 1 atom stereocenters. The van der Waals surface area contributed by atoms with Gasteiger partial charge in [-0.2, -0.15) is 0 Å². The maximum Gasteiger partial charge on any atom is 0.338 e. The average molecular weight is 310 g/mol. The third kappa shape index (κ3) is 3.97. The number of likely N-dealkylation sites (tertiary alicyclic amines) is 1. The van der Waals surface area contributed by atoms with Crippen molar-refractivity contribution in [3.8, 4) is 0 Å². The van der Waals surface area contributed by atoms with Gasteiger partial charge in [0.15, 0.2) is 0 Å². The molecule has 2 amide bonds. The second-order valence-electron chi connectivity index (χ2n) is 5.82. The zero-order valence-corrected chi connectivity index (χ0v) is 13.3. The third-order valence-corrected chi connectivity index (χ3v) is 4.95. The first-order chi connectivity index (χ1) is 9.99. The van der Waals surface area contributed by atoms with Crippen LogP contribution in [0.5, 0.6) is 0 Å². The van der Waals surface area contributed by atoms with E-state index in [0.29, 0.717) is 16.8 Å². The first-order valence-electron chi connectivity index (χ1n) is 7.35. The summed E-state index contributed by atoms with van der Waals surface area (Å²) in [7, 11) is 0. The molecule has 0 aliphatic carbocycles. The quantitative estimate of drug-likeness (QED) is 0.893. The van der Waals surface area contributed by atoms with Gasteiger partial charge in [-0.1, -0.05) is 13.8 Å². The number of urea groups is 1. The van der Waals surface area contributed by atoms with Crippen molar-refractivity contribution in [2.75, 3.05) is 18.4 Å². The highest BCUT2D eigenvalue weighted by molar-refractivity contribution is 7.14. The molecule has 1 aliphatic heterocycles. The van der Waals surface area contributed by atoms with E-state index in [4.69, 9.17) is 5.11 Å². The van der Waals surface area contributed by atoms with Gasteiger partial charge in [-0.25, -0.2) is 9.59 Å². The summed E-state index contributed by atoms with van der Waals surface area (Å²) in [6, 6.07) is 1.32.